The zero-order valence-electron chi connectivity index (χ0n) is 28.7. The van der Waals surface area contributed by atoms with E-state index >= 15 is 0 Å². The molecule has 10 nitrogen and oxygen atoms in total. The van der Waals surface area contributed by atoms with Gasteiger partial charge in [-0.05, 0) is 88.8 Å². The van der Waals surface area contributed by atoms with Crippen molar-refractivity contribution in [2.24, 2.45) is 17.8 Å². The largest absolute Gasteiger partial charge is 0.493 e. The number of hydrogen-bond acceptors (Lipinski definition) is 10. The average molecular weight is 795 g/mol. The predicted molar refractivity (Wildman–Crippen MR) is 189 cm³/mol. The standard InChI is InChI=1S/C39H41IO10/c1-21(2)37-17-23(4)39-28(35(37)48-38(49-37,50-39)19-25-10-8-7-9-11-25)13-26(18-36(44)32(39)12-22(3)34(36)43)20-46-33(42)15-27-14-30(45-6)31(16-29(27)40)47-24(5)41/h7-14,16,23,28,32,35,44H,1,15,17-20H2,2-6H3/t23-,28+,32-,35-,36-,37-,38?,39-/m1/s1/i40-2. The molecule has 2 saturated heterocycles. The highest BCUT2D eigenvalue weighted by atomic mass is 125. The number of esters is 2. The average Bonchev–Trinajstić information content (AvgIpc) is 3.36. The van der Waals surface area contributed by atoms with Crippen LogP contribution in [0.2, 0.25) is 0 Å². The molecule has 0 amide bonds. The number of aliphatic hydroxyl groups is 1. The van der Waals surface area contributed by atoms with Crippen molar-refractivity contribution in [2.75, 3.05) is 13.7 Å². The lowest BCUT2D eigenvalue weighted by Gasteiger charge is -2.59. The maximum absolute atomic E-state index is 13.9. The first-order valence-corrected chi connectivity index (χ1v) is 17.9. The third-order valence-corrected chi connectivity index (χ3v) is 12.1. The summed E-state index contributed by atoms with van der Waals surface area (Å²) in [5.41, 5.74) is -0.325. The fraction of sp³-hybridized carbons (Fsp3) is 0.462. The Hall–Kier alpha value is -3.36. The molecule has 3 bridgehead atoms. The highest BCUT2D eigenvalue weighted by Gasteiger charge is 2.79. The summed E-state index contributed by atoms with van der Waals surface area (Å²) in [6, 6.07) is 13.1. The minimum Gasteiger partial charge on any atom is -0.493 e. The van der Waals surface area contributed by atoms with Crippen molar-refractivity contribution in [3.05, 3.63) is 92.6 Å². The first-order valence-electron chi connectivity index (χ1n) is 16.8. The molecule has 3 aliphatic carbocycles. The number of benzene rings is 2. The molecule has 0 radical (unpaired) electrons. The maximum Gasteiger partial charge on any atom is 0.310 e. The van der Waals surface area contributed by atoms with Gasteiger partial charge in [-0.2, -0.15) is 0 Å². The van der Waals surface area contributed by atoms with Crippen LogP contribution in [0.1, 0.15) is 51.7 Å². The van der Waals surface area contributed by atoms with Crippen LogP contribution >= 0.6 is 22.6 Å². The molecular weight excluding hydrogens is 753 g/mol. The summed E-state index contributed by atoms with van der Waals surface area (Å²) in [7, 11) is 1.45. The van der Waals surface area contributed by atoms with Crippen LogP contribution < -0.4 is 9.47 Å². The van der Waals surface area contributed by atoms with Crippen LogP contribution in [0.4, 0.5) is 0 Å². The molecule has 1 N–H and O–H groups in total. The molecule has 0 spiro atoms. The van der Waals surface area contributed by atoms with Crippen LogP contribution in [-0.2, 0) is 46.2 Å². The van der Waals surface area contributed by atoms with E-state index in [9.17, 15) is 19.5 Å². The van der Waals surface area contributed by atoms with Crippen LogP contribution in [-0.4, -0.2) is 65.4 Å². The summed E-state index contributed by atoms with van der Waals surface area (Å²) in [5.74, 6) is -3.62. The lowest BCUT2D eigenvalue weighted by molar-refractivity contribution is -0.421. The van der Waals surface area contributed by atoms with Crippen molar-refractivity contribution in [1.82, 2.24) is 0 Å². The SMILES string of the molecule is C=C(C)[C@]12C[C@@H](C)[C@@]34OC(Cc5ccccc5)(O[C@@H]1[C@@H]3C=C(COC(=O)Cc1cc(OC)c(OC(C)=O)cc1[125I])C[C@]1(O)C(=O)C(C)=C[C@@H]41)O2. The molecule has 2 aromatic rings. The van der Waals surface area contributed by atoms with Gasteiger partial charge in [-0.1, -0.05) is 56.0 Å². The minimum absolute atomic E-state index is 0.0340. The van der Waals surface area contributed by atoms with E-state index in [2.05, 4.69) is 36.1 Å². The summed E-state index contributed by atoms with van der Waals surface area (Å²) in [4.78, 5) is 38.7. The van der Waals surface area contributed by atoms with Gasteiger partial charge in [0.25, 0.3) is 5.97 Å². The van der Waals surface area contributed by atoms with Gasteiger partial charge in [-0.15, -0.1) is 0 Å². The Kier molecular flexibility index (Phi) is 8.70. The number of ether oxygens (including phenoxy) is 6. The molecule has 2 aromatic carbocycles. The van der Waals surface area contributed by atoms with Gasteiger partial charge in [0, 0.05) is 28.8 Å². The third-order valence-electron chi connectivity index (χ3n) is 11.1. The summed E-state index contributed by atoms with van der Waals surface area (Å²) in [6.07, 6.45) is 4.04. The number of ketones is 1. The lowest BCUT2D eigenvalue weighted by Crippen LogP contribution is -2.70. The van der Waals surface area contributed by atoms with Gasteiger partial charge in [-0.3, -0.25) is 14.4 Å². The highest BCUT2D eigenvalue weighted by molar-refractivity contribution is 14.1. The number of halogens is 1. The Morgan fingerprint density at radius 3 is 2.52 bits per heavy atom. The summed E-state index contributed by atoms with van der Waals surface area (Å²) < 4.78 is 38.1. The number of hydrogen-bond donors (Lipinski definition) is 1. The van der Waals surface area contributed by atoms with E-state index in [1.165, 1.54) is 14.0 Å². The molecule has 8 atom stereocenters. The van der Waals surface area contributed by atoms with E-state index in [0.29, 0.717) is 38.9 Å². The number of methoxy groups -OCH3 is 1. The van der Waals surface area contributed by atoms with Gasteiger partial charge in [0.05, 0.1) is 25.6 Å². The van der Waals surface area contributed by atoms with Gasteiger partial charge in [-0.25, -0.2) is 0 Å². The van der Waals surface area contributed by atoms with Crippen molar-refractivity contribution < 1.29 is 47.9 Å². The molecule has 11 heteroatoms. The van der Waals surface area contributed by atoms with Crippen LogP contribution in [0.25, 0.3) is 0 Å². The second-order valence-electron chi connectivity index (χ2n) is 14.4. The van der Waals surface area contributed by atoms with Crippen LogP contribution in [0, 0.1) is 21.3 Å². The van der Waals surface area contributed by atoms with Crippen molar-refractivity contribution in [3.8, 4) is 11.5 Å². The van der Waals surface area contributed by atoms with Crippen molar-refractivity contribution >= 4 is 40.3 Å². The van der Waals surface area contributed by atoms with E-state index in [0.717, 1.165) is 11.1 Å². The van der Waals surface area contributed by atoms with E-state index < -0.39 is 52.7 Å². The summed E-state index contributed by atoms with van der Waals surface area (Å²) in [5, 5.41) is 12.5. The number of rotatable bonds is 9. The van der Waals surface area contributed by atoms with Crippen molar-refractivity contribution in [3.63, 3.8) is 0 Å². The molecule has 7 rings (SSSR count). The Bertz CT molecular complexity index is 1850. The third kappa shape index (κ3) is 5.39. The van der Waals surface area contributed by atoms with E-state index in [1.807, 2.05) is 49.4 Å². The molecule has 2 aliphatic heterocycles. The summed E-state index contributed by atoms with van der Waals surface area (Å²) >= 11 is 2.07. The minimum atomic E-state index is -1.82. The van der Waals surface area contributed by atoms with Gasteiger partial charge < -0.3 is 33.5 Å². The van der Waals surface area contributed by atoms with E-state index in [4.69, 9.17) is 28.4 Å². The van der Waals surface area contributed by atoms with Gasteiger partial charge in [0.2, 0.25) is 0 Å². The van der Waals surface area contributed by atoms with Gasteiger partial charge >= 0.3 is 11.9 Å². The van der Waals surface area contributed by atoms with Gasteiger partial charge in [0.1, 0.15) is 23.9 Å². The smallest absolute Gasteiger partial charge is 0.310 e. The molecule has 0 aromatic heterocycles. The zero-order chi connectivity index (χ0) is 35.8. The fourth-order valence-corrected chi connectivity index (χ4v) is 9.60. The topological polar surface area (TPSA) is 127 Å². The molecular formula is C39H41IO10. The van der Waals surface area contributed by atoms with Gasteiger partial charge in [0.15, 0.2) is 17.3 Å². The van der Waals surface area contributed by atoms with Crippen molar-refractivity contribution in [1.29, 1.82) is 0 Å². The Balaban J connectivity index is 1.23. The second kappa shape index (κ2) is 12.4. The first-order chi connectivity index (χ1) is 23.7. The molecule has 2 heterocycles. The quantitative estimate of drug-likeness (QED) is 0.149. The Morgan fingerprint density at radius 2 is 1.84 bits per heavy atom. The number of Topliss-reactive ketones (excluding diaryl/α,β-unsaturated/α-hetero) is 1. The highest BCUT2D eigenvalue weighted by Crippen LogP contribution is 2.68. The van der Waals surface area contributed by atoms with Crippen LogP contribution in [0.3, 0.4) is 0 Å². The molecule has 5 aliphatic rings. The number of carbonyl (C=O) groups is 3. The molecule has 50 heavy (non-hydrogen) atoms. The first kappa shape index (κ1) is 35.1. The van der Waals surface area contributed by atoms with E-state index in [1.54, 1.807) is 19.1 Å². The molecule has 1 unspecified atom stereocenters. The Morgan fingerprint density at radius 1 is 1.10 bits per heavy atom. The van der Waals surface area contributed by atoms with E-state index in [-0.39, 0.29) is 36.9 Å². The van der Waals surface area contributed by atoms with Crippen LogP contribution in [0.15, 0.2) is 77.9 Å². The maximum atomic E-state index is 13.9. The Labute approximate surface area is 304 Å². The number of carbonyl (C=O) groups excluding carboxylic acids is 3. The fourth-order valence-electron chi connectivity index (χ4n) is 8.98. The zero-order valence-corrected chi connectivity index (χ0v) is 30.9. The number of fused-ring (bicyclic) bond motifs is 2. The second-order valence-corrected chi connectivity index (χ2v) is 15.5. The van der Waals surface area contributed by atoms with Crippen molar-refractivity contribution in [2.45, 2.75) is 82.3 Å². The summed E-state index contributed by atoms with van der Waals surface area (Å²) in [6.45, 7) is 11.3. The lowest BCUT2D eigenvalue weighted by atomic mass is 9.55. The predicted octanol–water partition coefficient (Wildman–Crippen LogP) is 5.57. The van der Waals surface area contributed by atoms with Crippen LogP contribution in [0.5, 0.6) is 11.5 Å². The molecule has 1 saturated carbocycles. The molecule has 264 valence electrons. The molecule has 3 fully saturated rings. The monoisotopic (exact) mass is 794 g/mol. The normalized spacial score (nSPS) is 35.0.